The van der Waals surface area contributed by atoms with Crippen molar-refractivity contribution >= 4 is 59.4 Å². The summed E-state index contributed by atoms with van der Waals surface area (Å²) in [5.74, 6) is -9.10. The van der Waals surface area contributed by atoms with Gasteiger partial charge in [-0.3, -0.25) is 57.7 Å². The maximum Gasteiger partial charge on any atom is 0.303 e. The number of amides is 4. The lowest BCUT2D eigenvalue weighted by atomic mass is 9.93. The van der Waals surface area contributed by atoms with Crippen molar-refractivity contribution in [1.29, 1.82) is 0 Å². The van der Waals surface area contributed by atoms with Gasteiger partial charge in [0.25, 0.3) is 23.6 Å². The highest BCUT2D eigenvalue weighted by molar-refractivity contribution is 6.22. The first kappa shape index (κ1) is 66.8. The Kier molecular flexibility index (Phi) is 21.6. The van der Waals surface area contributed by atoms with E-state index in [1.165, 1.54) is 48.5 Å². The molecule has 15 unspecified atom stereocenters. The maximum atomic E-state index is 14.9. The minimum atomic E-state index is -2.04. The van der Waals surface area contributed by atoms with Crippen molar-refractivity contribution in [2.24, 2.45) is 0 Å². The van der Waals surface area contributed by atoms with E-state index in [1.54, 1.807) is 72.8 Å². The number of imide groups is 2. The van der Waals surface area contributed by atoms with Crippen molar-refractivity contribution in [2.75, 3.05) is 19.8 Å². The van der Waals surface area contributed by atoms with Crippen molar-refractivity contribution < 1.29 is 114 Å². The molecule has 490 valence electrons. The predicted octanol–water partition coefficient (Wildman–Crippen LogP) is 5.13. The monoisotopic (exact) mass is 1280 g/mol. The van der Waals surface area contributed by atoms with Crippen LogP contribution in [0, 0.1) is 0 Å². The average Bonchev–Trinajstić information content (AvgIpc) is 1.08. The molecule has 5 aliphatic rings. The fourth-order valence-electron chi connectivity index (χ4n) is 11.8. The largest absolute Gasteiger partial charge is 0.463 e. The molecule has 10 rings (SSSR count). The Labute approximate surface area is 533 Å². The first-order valence-electron chi connectivity index (χ1n) is 29.9. The van der Waals surface area contributed by atoms with Crippen LogP contribution < -0.4 is 0 Å². The van der Waals surface area contributed by atoms with Crippen LogP contribution >= 0.6 is 0 Å². The van der Waals surface area contributed by atoms with E-state index < -0.39 is 171 Å². The van der Waals surface area contributed by atoms with E-state index in [4.69, 9.17) is 66.3 Å². The Bertz CT molecular complexity index is 3480. The molecule has 93 heavy (non-hydrogen) atoms. The highest BCUT2D eigenvalue weighted by Crippen LogP contribution is 2.42. The summed E-state index contributed by atoms with van der Waals surface area (Å²) in [5.41, 5.74) is 1.66. The second kappa shape index (κ2) is 30.1. The molecule has 5 aromatic rings. The second-order valence-corrected chi connectivity index (χ2v) is 22.3. The zero-order chi connectivity index (χ0) is 66.0. The van der Waals surface area contributed by atoms with Crippen LogP contribution in [0.1, 0.15) is 99.7 Å². The average molecular weight is 1290 g/mol. The molecule has 4 amide bonds. The van der Waals surface area contributed by atoms with Crippen LogP contribution in [0.3, 0.4) is 0 Å². The van der Waals surface area contributed by atoms with Crippen LogP contribution in [0.2, 0.25) is 0 Å². The first-order valence-corrected chi connectivity index (χ1v) is 29.9. The minimum absolute atomic E-state index is 0.0261. The number of fused-ring (bicyclic) bond motifs is 2. The molecule has 5 heterocycles. The molecule has 0 bridgehead atoms. The summed E-state index contributed by atoms with van der Waals surface area (Å²) in [6, 6.07) is 34.6. The number of esters is 6. The molecule has 0 radical (unpaired) electrons. The molecule has 26 heteroatoms. The summed E-state index contributed by atoms with van der Waals surface area (Å²) in [7, 11) is 0. The zero-order valence-corrected chi connectivity index (χ0v) is 51.4. The van der Waals surface area contributed by atoms with Gasteiger partial charge in [0.2, 0.25) is 0 Å². The molecule has 5 aromatic carbocycles. The smallest absolute Gasteiger partial charge is 0.303 e. The van der Waals surface area contributed by atoms with Crippen LogP contribution in [-0.2, 0) is 115 Å². The standard InChI is InChI=1S/C67H68N2O24/c1-36(70)81-34-50-54(85-38(3)72)57(87-40(5)74)52(68-61(76)45-26-16-17-27-46(45)62(68)77)65(89-50)92-56-49(33-80-30-42-20-10-7-11-21-42)91-67(84-32-44-24-14-9-15-25-44)60(59(56)83-31-43-22-12-8-13-23-43)93-66-53(69-63(78)47-28-18-19-29-48(47)64(69)79)58(88-41(6)75)55(86-39(4)73)51(90-66)35-82-37(2)71/h7-29,49-60,65-67H,30-35H2,1-6H3. The van der Waals surface area contributed by atoms with Gasteiger partial charge < -0.3 is 66.3 Å². The Balaban J connectivity index is 1.18. The van der Waals surface area contributed by atoms with Gasteiger partial charge in [0.15, 0.2) is 43.3 Å². The lowest BCUT2D eigenvalue weighted by Crippen LogP contribution is -2.71. The number of rotatable bonds is 24. The third-order valence-corrected chi connectivity index (χ3v) is 15.7. The van der Waals surface area contributed by atoms with Crippen LogP contribution in [0.4, 0.5) is 0 Å². The van der Waals surface area contributed by atoms with Gasteiger partial charge in [-0.2, -0.15) is 0 Å². The Morgan fingerprint density at radius 3 is 1.04 bits per heavy atom. The normalized spacial score (nSPS) is 27.4. The lowest BCUT2D eigenvalue weighted by Gasteiger charge is -2.52. The second-order valence-electron chi connectivity index (χ2n) is 22.3. The highest BCUT2D eigenvalue weighted by Gasteiger charge is 2.63. The number of nitrogens with zero attached hydrogens (tertiary/aromatic N) is 2. The van der Waals surface area contributed by atoms with Crippen LogP contribution in [-0.4, -0.2) is 181 Å². The van der Waals surface area contributed by atoms with Crippen molar-refractivity contribution in [1.82, 2.24) is 9.80 Å². The zero-order valence-electron chi connectivity index (χ0n) is 51.4. The third kappa shape index (κ3) is 15.5. The van der Waals surface area contributed by atoms with Gasteiger partial charge in [0.05, 0.1) is 48.7 Å². The summed E-state index contributed by atoms with van der Waals surface area (Å²) in [6.07, 6.45) is -22.7. The van der Waals surface area contributed by atoms with Crippen LogP contribution in [0.5, 0.6) is 0 Å². The molecule has 0 aliphatic carbocycles. The van der Waals surface area contributed by atoms with Crippen molar-refractivity contribution in [2.45, 2.75) is 153 Å². The Morgan fingerprint density at radius 1 is 0.344 bits per heavy atom. The van der Waals surface area contributed by atoms with Crippen LogP contribution in [0.25, 0.3) is 0 Å². The van der Waals surface area contributed by atoms with E-state index in [-0.39, 0.29) is 42.1 Å². The van der Waals surface area contributed by atoms with Crippen LogP contribution in [0.15, 0.2) is 140 Å². The number of benzene rings is 5. The lowest BCUT2D eigenvalue weighted by molar-refractivity contribution is -0.385. The number of hydrogen-bond acceptors (Lipinski definition) is 24. The van der Waals surface area contributed by atoms with Gasteiger partial charge in [-0.1, -0.05) is 115 Å². The Hall–Kier alpha value is -9.12. The molecule has 0 spiro atoms. The van der Waals surface area contributed by atoms with E-state index in [0.29, 0.717) is 11.1 Å². The Morgan fingerprint density at radius 2 is 0.667 bits per heavy atom. The molecule has 3 fully saturated rings. The van der Waals surface area contributed by atoms with Gasteiger partial charge in [-0.15, -0.1) is 0 Å². The van der Waals surface area contributed by atoms with E-state index in [1.807, 2.05) is 18.2 Å². The number of carbonyl (C=O) groups is 10. The summed E-state index contributed by atoms with van der Waals surface area (Å²) >= 11 is 0. The number of carbonyl (C=O) groups excluding carboxylic acids is 10. The minimum Gasteiger partial charge on any atom is -0.463 e. The van der Waals surface area contributed by atoms with Crippen molar-refractivity contribution in [3.63, 3.8) is 0 Å². The first-order chi connectivity index (χ1) is 44.8. The summed E-state index contributed by atoms with van der Waals surface area (Å²) in [5, 5.41) is 0. The highest BCUT2D eigenvalue weighted by atomic mass is 16.8. The van der Waals surface area contributed by atoms with Gasteiger partial charge in [0.1, 0.15) is 61.9 Å². The van der Waals surface area contributed by atoms with E-state index in [0.717, 1.165) is 56.9 Å². The fraction of sp³-hybridized carbons (Fsp3) is 0.403. The number of hydrogen-bond donors (Lipinski definition) is 0. The summed E-state index contributed by atoms with van der Waals surface area (Å²) < 4.78 is 90.0. The quantitative estimate of drug-likeness (QED) is 0.0439. The molecule has 3 saturated heterocycles. The fourth-order valence-corrected chi connectivity index (χ4v) is 11.8. The molecular formula is C67H68N2O24. The summed E-state index contributed by atoms with van der Waals surface area (Å²) in [4.78, 5) is 140. The van der Waals surface area contributed by atoms with Crippen molar-refractivity contribution in [3.05, 3.63) is 178 Å². The summed E-state index contributed by atoms with van der Waals surface area (Å²) in [6.45, 7) is 4.08. The molecule has 15 atom stereocenters. The van der Waals surface area contributed by atoms with Gasteiger partial charge in [-0.05, 0) is 41.0 Å². The number of ether oxygens (including phenoxy) is 14. The van der Waals surface area contributed by atoms with E-state index >= 15 is 0 Å². The topological polar surface area (TPSA) is 306 Å². The molecule has 0 saturated carbocycles. The molecule has 5 aliphatic heterocycles. The molecule has 0 N–H and O–H groups in total. The van der Waals surface area contributed by atoms with Crippen molar-refractivity contribution in [3.8, 4) is 0 Å². The van der Waals surface area contributed by atoms with E-state index in [9.17, 15) is 47.9 Å². The maximum absolute atomic E-state index is 14.9. The SMILES string of the molecule is CC(=O)OCC1OC(OC2C(COCc3ccccc3)OC(OCc3ccccc3)C(OC3OC(COC(C)=O)C(OC(C)=O)C(OC(C)=O)C3N3C(=O)c4ccccc4C3=O)C2OCc2ccccc2)C(N2C(=O)c3ccccc3C2=O)C(OC(C)=O)C1OC(C)=O. The predicted molar refractivity (Wildman–Crippen MR) is 315 cm³/mol. The molecule has 0 aromatic heterocycles. The van der Waals surface area contributed by atoms with Gasteiger partial charge in [0, 0.05) is 41.5 Å². The third-order valence-electron chi connectivity index (χ3n) is 15.7. The van der Waals surface area contributed by atoms with E-state index in [2.05, 4.69) is 0 Å². The molecule has 26 nitrogen and oxygen atoms in total. The van der Waals surface area contributed by atoms with Gasteiger partial charge in [-0.25, -0.2) is 0 Å². The van der Waals surface area contributed by atoms with Gasteiger partial charge >= 0.3 is 35.8 Å². The molecular weight excluding hydrogens is 1220 g/mol.